The van der Waals surface area contributed by atoms with E-state index in [1.54, 1.807) is 30.3 Å². The highest BCUT2D eigenvalue weighted by atomic mass is 32.2. The molecule has 3 amide bonds. The van der Waals surface area contributed by atoms with Gasteiger partial charge in [0.05, 0.1) is 12.6 Å². The average Bonchev–Trinajstić information content (AvgIpc) is 2.86. The Kier molecular flexibility index (Phi) is 14.7. The van der Waals surface area contributed by atoms with E-state index in [1.165, 1.54) is 11.8 Å². The summed E-state index contributed by atoms with van der Waals surface area (Å²) >= 11 is 1.43. The van der Waals surface area contributed by atoms with Crippen LogP contribution >= 0.6 is 11.8 Å². The maximum Gasteiger partial charge on any atom is 0.326 e. The van der Waals surface area contributed by atoms with E-state index in [9.17, 15) is 29.4 Å². The monoisotopic (exact) mass is 539 g/mol. The molecule has 11 N–H and O–H groups in total. The van der Waals surface area contributed by atoms with Gasteiger partial charge < -0.3 is 43.4 Å². The number of carbonyl (C=O) groups excluding carboxylic acids is 3. The third kappa shape index (κ3) is 12.4. The van der Waals surface area contributed by atoms with Gasteiger partial charge in [-0.1, -0.05) is 30.3 Å². The second-order valence-corrected chi connectivity index (χ2v) is 9.22. The van der Waals surface area contributed by atoms with E-state index in [-0.39, 0.29) is 31.8 Å². The number of aliphatic hydroxyl groups excluding tert-OH is 1. The first-order valence-corrected chi connectivity index (χ1v) is 13.1. The molecule has 37 heavy (non-hydrogen) atoms. The van der Waals surface area contributed by atoms with Crippen LogP contribution in [-0.2, 0) is 25.6 Å². The van der Waals surface area contributed by atoms with Crippen molar-refractivity contribution >= 4 is 41.4 Å². The van der Waals surface area contributed by atoms with Crippen LogP contribution in [0, 0.1) is 0 Å². The molecule has 0 bridgehead atoms. The molecule has 1 aromatic rings. The van der Waals surface area contributed by atoms with Crippen molar-refractivity contribution in [2.24, 2.45) is 22.2 Å². The van der Waals surface area contributed by atoms with E-state index in [1.807, 2.05) is 6.26 Å². The zero-order chi connectivity index (χ0) is 27.8. The number of aliphatic hydroxyl groups is 1. The van der Waals surface area contributed by atoms with Gasteiger partial charge in [0, 0.05) is 13.0 Å². The van der Waals surface area contributed by atoms with Gasteiger partial charge in [-0.05, 0) is 36.8 Å². The van der Waals surface area contributed by atoms with E-state index in [2.05, 4.69) is 20.9 Å². The Balaban J connectivity index is 2.79. The molecule has 0 radical (unpaired) electrons. The maximum absolute atomic E-state index is 12.9. The van der Waals surface area contributed by atoms with Gasteiger partial charge >= 0.3 is 5.97 Å². The molecule has 0 aliphatic carbocycles. The fourth-order valence-corrected chi connectivity index (χ4v) is 3.69. The third-order valence-electron chi connectivity index (χ3n) is 5.26. The van der Waals surface area contributed by atoms with Crippen molar-refractivity contribution in [3.05, 3.63) is 35.9 Å². The molecule has 0 saturated heterocycles. The fraction of sp³-hybridized carbons (Fsp3) is 0.522. The SMILES string of the molecule is CSCCC(NC(=O)C(CO)NC(=O)C(N)CCCN=C(N)N)C(=O)NC(Cc1ccccc1)C(=O)O. The Bertz CT molecular complexity index is 914. The highest BCUT2D eigenvalue weighted by Gasteiger charge is 2.30. The smallest absolute Gasteiger partial charge is 0.326 e. The Morgan fingerprint density at radius 1 is 0.946 bits per heavy atom. The van der Waals surface area contributed by atoms with E-state index in [4.69, 9.17) is 17.2 Å². The molecule has 0 fully saturated rings. The second kappa shape index (κ2) is 17.2. The number of nitrogens with two attached hydrogens (primary N) is 3. The number of benzene rings is 1. The predicted octanol–water partition coefficient (Wildman–Crippen LogP) is -2.11. The Morgan fingerprint density at radius 2 is 1.54 bits per heavy atom. The van der Waals surface area contributed by atoms with Crippen molar-refractivity contribution in [3.63, 3.8) is 0 Å². The lowest BCUT2D eigenvalue weighted by molar-refractivity contribution is -0.142. The number of nitrogens with one attached hydrogen (secondary N) is 3. The molecule has 0 saturated carbocycles. The number of carboxylic acid groups (broad SMARTS) is 1. The highest BCUT2D eigenvalue weighted by molar-refractivity contribution is 7.98. The van der Waals surface area contributed by atoms with E-state index in [0.29, 0.717) is 12.2 Å². The van der Waals surface area contributed by atoms with Crippen LogP contribution in [-0.4, -0.2) is 89.2 Å². The molecule has 4 atom stereocenters. The molecule has 13 nitrogen and oxygen atoms in total. The Labute approximate surface area is 220 Å². The number of thioether (sulfide) groups is 1. The molecule has 4 unspecified atom stereocenters. The standard InChI is InChI=1S/C23H37N7O6S/c1-37-11-9-16(20(33)29-17(22(35)36)12-14-6-3-2-4-7-14)28-21(34)18(13-31)30-19(32)15(24)8-5-10-27-23(25)26/h2-4,6-7,15-18,31H,5,8-13,24H2,1H3,(H,28,34)(H,29,33)(H,30,32)(H,35,36)(H4,25,26,27). The first-order valence-electron chi connectivity index (χ1n) is 11.7. The molecule has 1 rings (SSSR count). The molecule has 0 aliphatic rings. The summed E-state index contributed by atoms with van der Waals surface area (Å²) in [6.45, 7) is -0.456. The second-order valence-electron chi connectivity index (χ2n) is 8.23. The molecule has 14 heteroatoms. The van der Waals surface area contributed by atoms with Gasteiger partial charge in [0.2, 0.25) is 17.7 Å². The number of aliphatic carboxylic acids is 1. The van der Waals surface area contributed by atoms with Crippen LogP contribution in [0.25, 0.3) is 0 Å². The number of hydrogen-bond acceptors (Lipinski definition) is 8. The fourth-order valence-electron chi connectivity index (χ4n) is 3.22. The van der Waals surface area contributed by atoms with Crippen molar-refractivity contribution in [1.29, 1.82) is 0 Å². The first-order chi connectivity index (χ1) is 17.6. The van der Waals surface area contributed by atoms with E-state index >= 15 is 0 Å². The minimum Gasteiger partial charge on any atom is -0.480 e. The quantitative estimate of drug-likeness (QED) is 0.0609. The molecule has 0 spiro atoms. The number of nitrogens with zero attached hydrogens (tertiary/aromatic N) is 1. The van der Waals surface area contributed by atoms with Crippen LogP contribution in [0.4, 0.5) is 0 Å². The van der Waals surface area contributed by atoms with E-state index < -0.39 is 54.5 Å². The maximum atomic E-state index is 12.9. The lowest BCUT2D eigenvalue weighted by Crippen LogP contribution is -2.58. The molecular formula is C23H37N7O6S. The Morgan fingerprint density at radius 3 is 2.11 bits per heavy atom. The van der Waals surface area contributed by atoms with Crippen LogP contribution in [0.15, 0.2) is 35.3 Å². The van der Waals surface area contributed by atoms with Gasteiger partial charge in [0.1, 0.15) is 18.1 Å². The van der Waals surface area contributed by atoms with Gasteiger partial charge in [-0.25, -0.2) is 4.79 Å². The minimum atomic E-state index is -1.36. The van der Waals surface area contributed by atoms with Crippen molar-refractivity contribution in [2.45, 2.75) is 49.9 Å². The first kappa shape index (κ1) is 31.7. The van der Waals surface area contributed by atoms with Gasteiger partial charge in [-0.2, -0.15) is 11.8 Å². The number of rotatable bonds is 17. The molecule has 1 aromatic carbocycles. The van der Waals surface area contributed by atoms with Crippen molar-refractivity contribution in [2.75, 3.05) is 25.2 Å². The van der Waals surface area contributed by atoms with Crippen LogP contribution in [0.1, 0.15) is 24.8 Å². The number of carbonyl (C=O) groups is 4. The number of amides is 3. The summed E-state index contributed by atoms with van der Waals surface area (Å²) in [6.07, 6.45) is 2.73. The number of aliphatic imine (C=N–C) groups is 1. The van der Waals surface area contributed by atoms with Crippen molar-refractivity contribution in [3.8, 4) is 0 Å². The summed E-state index contributed by atoms with van der Waals surface area (Å²) in [7, 11) is 0. The predicted molar refractivity (Wildman–Crippen MR) is 142 cm³/mol. The number of guanidine groups is 1. The summed E-state index contributed by atoms with van der Waals surface area (Å²) in [4.78, 5) is 53.6. The average molecular weight is 540 g/mol. The molecule has 0 aliphatic heterocycles. The van der Waals surface area contributed by atoms with Gasteiger partial charge in [-0.15, -0.1) is 0 Å². The number of carboxylic acids is 1. The normalized spacial score (nSPS) is 13.9. The number of hydrogen-bond donors (Lipinski definition) is 8. The zero-order valence-corrected chi connectivity index (χ0v) is 21.6. The van der Waals surface area contributed by atoms with E-state index in [0.717, 1.165) is 5.56 Å². The summed E-state index contributed by atoms with van der Waals surface area (Å²) in [5.74, 6) is -2.97. The minimum absolute atomic E-state index is 0.0570. The van der Waals surface area contributed by atoms with Gasteiger partial charge in [-0.3, -0.25) is 19.4 Å². The van der Waals surface area contributed by atoms with Gasteiger partial charge in [0.25, 0.3) is 0 Å². The van der Waals surface area contributed by atoms with Crippen molar-refractivity contribution in [1.82, 2.24) is 16.0 Å². The lowest BCUT2D eigenvalue weighted by Gasteiger charge is -2.24. The molecule has 0 aromatic heterocycles. The summed E-state index contributed by atoms with van der Waals surface area (Å²) in [5.41, 5.74) is 17.0. The third-order valence-corrected chi connectivity index (χ3v) is 5.90. The molecule has 206 valence electrons. The largest absolute Gasteiger partial charge is 0.480 e. The summed E-state index contributed by atoms with van der Waals surface area (Å²) in [6, 6.07) is 4.17. The Hall–Kier alpha value is -3.36. The van der Waals surface area contributed by atoms with Crippen molar-refractivity contribution < 1.29 is 29.4 Å². The lowest BCUT2D eigenvalue weighted by atomic mass is 10.1. The van der Waals surface area contributed by atoms with Gasteiger partial charge in [0.15, 0.2) is 5.96 Å². The van der Waals surface area contributed by atoms with Crippen LogP contribution in [0.2, 0.25) is 0 Å². The molecule has 0 heterocycles. The van der Waals surface area contributed by atoms with Crippen LogP contribution < -0.4 is 33.2 Å². The zero-order valence-electron chi connectivity index (χ0n) is 20.8. The van der Waals surface area contributed by atoms with Crippen LogP contribution in [0.5, 0.6) is 0 Å². The topological polar surface area (TPSA) is 235 Å². The van der Waals surface area contributed by atoms with Crippen LogP contribution in [0.3, 0.4) is 0 Å². The molecular weight excluding hydrogens is 502 g/mol. The highest BCUT2D eigenvalue weighted by Crippen LogP contribution is 2.07. The summed E-state index contributed by atoms with van der Waals surface area (Å²) < 4.78 is 0. The summed E-state index contributed by atoms with van der Waals surface area (Å²) in [5, 5.41) is 26.6.